The molecule has 21 heavy (non-hydrogen) atoms. The highest BCUT2D eigenvalue weighted by Gasteiger charge is 2.08. The molecule has 0 atom stereocenters. The van der Waals surface area contributed by atoms with Crippen LogP contribution >= 0.6 is 11.6 Å². The second-order valence-electron chi connectivity index (χ2n) is 4.46. The average molecular weight is 312 g/mol. The number of hydrogen-bond donors (Lipinski definition) is 2. The monoisotopic (exact) mass is 311 g/mol. The number of aromatic nitrogens is 4. The molecule has 2 heterocycles. The highest BCUT2D eigenvalue weighted by molar-refractivity contribution is 6.32. The van der Waals surface area contributed by atoms with Crippen molar-refractivity contribution in [3.8, 4) is 0 Å². The van der Waals surface area contributed by atoms with Gasteiger partial charge in [-0.1, -0.05) is 11.6 Å². The van der Waals surface area contributed by atoms with Gasteiger partial charge in [-0.2, -0.15) is 5.10 Å². The zero-order valence-corrected chi connectivity index (χ0v) is 12.6. The summed E-state index contributed by atoms with van der Waals surface area (Å²) in [5.41, 5.74) is 0.236. The summed E-state index contributed by atoms with van der Waals surface area (Å²) in [6, 6.07) is 0. The van der Waals surface area contributed by atoms with Crippen molar-refractivity contribution < 1.29 is 4.74 Å². The van der Waals surface area contributed by atoms with E-state index >= 15 is 0 Å². The SMILES string of the molecule is COCCn1ncc(NCCCc2ncc[nH]2)c(Cl)c1=O. The maximum absolute atomic E-state index is 12.0. The molecule has 0 amide bonds. The molecule has 2 N–H and O–H groups in total. The van der Waals surface area contributed by atoms with Gasteiger partial charge in [-0.15, -0.1) is 0 Å². The van der Waals surface area contributed by atoms with Crippen molar-refractivity contribution in [3.05, 3.63) is 39.8 Å². The molecule has 0 saturated carbocycles. The summed E-state index contributed by atoms with van der Waals surface area (Å²) in [7, 11) is 1.57. The Labute approximate surface area is 127 Å². The van der Waals surface area contributed by atoms with Crippen molar-refractivity contribution in [2.75, 3.05) is 25.6 Å². The maximum atomic E-state index is 12.0. The standard InChI is InChI=1S/C13H18ClN5O2/c1-21-8-7-19-13(20)12(14)10(9-18-19)15-4-2-3-11-16-5-6-17-11/h5-6,9,15H,2-4,7-8H2,1H3,(H,16,17). The Morgan fingerprint density at radius 3 is 3.10 bits per heavy atom. The number of rotatable bonds is 8. The van der Waals surface area contributed by atoms with Crippen LogP contribution in [0.4, 0.5) is 5.69 Å². The van der Waals surface area contributed by atoms with Gasteiger partial charge in [0.1, 0.15) is 10.8 Å². The van der Waals surface area contributed by atoms with Crippen LogP contribution in [0, 0.1) is 0 Å². The Balaban J connectivity index is 1.88. The topological polar surface area (TPSA) is 84.8 Å². The van der Waals surface area contributed by atoms with Gasteiger partial charge in [0, 0.05) is 32.5 Å². The predicted molar refractivity (Wildman–Crippen MR) is 80.8 cm³/mol. The first-order chi connectivity index (χ1) is 10.2. The molecule has 0 saturated heterocycles. The van der Waals surface area contributed by atoms with E-state index in [1.807, 2.05) is 0 Å². The van der Waals surface area contributed by atoms with Crippen molar-refractivity contribution in [1.82, 2.24) is 19.7 Å². The fourth-order valence-electron chi connectivity index (χ4n) is 1.84. The number of aryl methyl sites for hydroxylation is 1. The fraction of sp³-hybridized carbons (Fsp3) is 0.462. The number of hydrogen-bond acceptors (Lipinski definition) is 5. The molecule has 114 valence electrons. The lowest BCUT2D eigenvalue weighted by Gasteiger charge is -2.09. The molecule has 0 spiro atoms. The summed E-state index contributed by atoms with van der Waals surface area (Å²) in [6.45, 7) is 1.48. The smallest absolute Gasteiger partial charge is 0.287 e. The van der Waals surface area contributed by atoms with E-state index in [4.69, 9.17) is 16.3 Å². The summed E-state index contributed by atoms with van der Waals surface area (Å²) >= 11 is 6.06. The van der Waals surface area contributed by atoms with Gasteiger partial charge in [-0.05, 0) is 6.42 Å². The van der Waals surface area contributed by atoms with E-state index in [0.29, 0.717) is 25.4 Å². The molecular weight excluding hydrogens is 294 g/mol. The van der Waals surface area contributed by atoms with Crippen LogP contribution in [0.3, 0.4) is 0 Å². The molecule has 0 aliphatic carbocycles. The minimum atomic E-state index is -0.315. The largest absolute Gasteiger partial charge is 0.383 e. The molecule has 0 aliphatic heterocycles. The molecule has 2 aromatic heterocycles. The molecule has 0 unspecified atom stereocenters. The van der Waals surface area contributed by atoms with E-state index in [1.54, 1.807) is 25.7 Å². The Hall–Kier alpha value is -1.86. The number of aromatic amines is 1. The average Bonchev–Trinajstić information content (AvgIpc) is 3.00. The predicted octanol–water partition coefficient (Wildman–Crippen LogP) is 1.31. The first-order valence-electron chi connectivity index (χ1n) is 6.69. The highest BCUT2D eigenvalue weighted by atomic mass is 35.5. The number of methoxy groups -OCH3 is 1. The molecule has 2 rings (SSSR count). The van der Waals surface area contributed by atoms with Crippen LogP contribution in [0.25, 0.3) is 0 Å². The van der Waals surface area contributed by atoms with Gasteiger partial charge in [-0.25, -0.2) is 9.67 Å². The minimum Gasteiger partial charge on any atom is -0.383 e. The first-order valence-corrected chi connectivity index (χ1v) is 7.07. The van der Waals surface area contributed by atoms with Gasteiger partial charge in [-0.3, -0.25) is 4.79 Å². The Kier molecular flexibility index (Phi) is 5.77. The quantitative estimate of drug-likeness (QED) is 0.718. The lowest BCUT2D eigenvalue weighted by atomic mass is 10.3. The van der Waals surface area contributed by atoms with Gasteiger partial charge in [0.2, 0.25) is 0 Å². The summed E-state index contributed by atoms with van der Waals surface area (Å²) in [5, 5.41) is 7.33. The number of halogens is 1. The van der Waals surface area contributed by atoms with Crippen molar-refractivity contribution in [1.29, 1.82) is 0 Å². The number of H-pyrrole nitrogens is 1. The summed E-state index contributed by atoms with van der Waals surface area (Å²) in [6.07, 6.45) is 6.78. The lowest BCUT2D eigenvalue weighted by Crippen LogP contribution is -2.26. The summed E-state index contributed by atoms with van der Waals surface area (Å²) < 4.78 is 6.21. The van der Waals surface area contributed by atoms with Crippen LogP contribution in [-0.4, -0.2) is 40.0 Å². The molecule has 0 bridgehead atoms. The van der Waals surface area contributed by atoms with E-state index < -0.39 is 0 Å². The van der Waals surface area contributed by atoms with Crippen LogP contribution in [0.1, 0.15) is 12.2 Å². The molecule has 8 heteroatoms. The van der Waals surface area contributed by atoms with Gasteiger partial charge < -0.3 is 15.0 Å². The van der Waals surface area contributed by atoms with Gasteiger partial charge in [0.05, 0.1) is 25.0 Å². The van der Waals surface area contributed by atoms with Gasteiger partial charge >= 0.3 is 0 Å². The molecular formula is C13H18ClN5O2. The van der Waals surface area contributed by atoms with Crippen molar-refractivity contribution in [2.45, 2.75) is 19.4 Å². The summed E-state index contributed by atoms with van der Waals surface area (Å²) in [5.74, 6) is 0.941. The Morgan fingerprint density at radius 2 is 2.38 bits per heavy atom. The molecule has 0 radical (unpaired) electrons. The van der Waals surface area contributed by atoms with Crippen molar-refractivity contribution in [2.24, 2.45) is 0 Å². The number of ether oxygens (including phenoxy) is 1. The third-order valence-corrected chi connectivity index (χ3v) is 3.32. The lowest BCUT2D eigenvalue weighted by molar-refractivity contribution is 0.182. The van der Waals surface area contributed by atoms with Crippen molar-refractivity contribution >= 4 is 17.3 Å². The molecule has 2 aromatic rings. The van der Waals surface area contributed by atoms with Gasteiger partial charge in [0.15, 0.2) is 0 Å². The maximum Gasteiger partial charge on any atom is 0.287 e. The van der Waals surface area contributed by atoms with Crippen molar-refractivity contribution in [3.63, 3.8) is 0 Å². The van der Waals surface area contributed by atoms with Crippen LogP contribution < -0.4 is 10.9 Å². The fourth-order valence-corrected chi connectivity index (χ4v) is 2.05. The van der Waals surface area contributed by atoms with E-state index in [2.05, 4.69) is 20.4 Å². The third kappa shape index (κ3) is 4.30. The molecule has 0 aromatic carbocycles. The zero-order valence-electron chi connectivity index (χ0n) is 11.8. The molecule has 0 fully saturated rings. The number of imidazole rings is 1. The third-order valence-electron chi connectivity index (χ3n) is 2.95. The van der Waals surface area contributed by atoms with Crippen LogP contribution in [0.15, 0.2) is 23.4 Å². The molecule has 0 aliphatic rings. The zero-order chi connectivity index (χ0) is 15.1. The number of nitrogens with zero attached hydrogens (tertiary/aromatic N) is 3. The highest BCUT2D eigenvalue weighted by Crippen LogP contribution is 2.15. The van der Waals surface area contributed by atoms with E-state index in [9.17, 15) is 4.79 Å². The molecule has 7 nitrogen and oxygen atoms in total. The van der Waals surface area contributed by atoms with E-state index in [0.717, 1.165) is 18.7 Å². The number of nitrogens with one attached hydrogen (secondary N) is 2. The Morgan fingerprint density at radius 1 is 1.52 bits per heavy atom. The van der Waals surface area contributed by atoms with Gasteiger partial charge in [0.25, 0.3) is 5.56 Å². The van der Waals surface area contributed by atoms with E-state index in [1.165, 1.54) is 4.68 Å². The van der Waals surface area contributed by atoms with E-state index in [-0.39, 0.29) is 10.6 Å². The van der Waals surface area contributed by atoms with Crippen LogP contribution in [0.2, 0.25) is 5.02 Å². The summed E-state index contributed by atoms with van der Waals surface area (Å²) in [4.78, 5) is 19.2. The minimum absolute atomic E-state index is 0.152. The second-order valence-corrected chi connectivity index (χ2v) is 4.84. The number of anilines is 1. The van der Waals surface area contributed by atoms with Crippen LogP contribution in [0.5, 0.6) is 0 Å². The second kappa shape index (κ2) is 7.80. The Bertz CT molecular complexity index is 612. The first kappa shape index (κ1) is 15.5. The van der Waals surface area contributed by atoms with Crippen LogP contribution in [-0.2, 0) is 17.7 Å². The normalized spacial score (nSPS) is 10.8.